The van der Waals surface area contributed by atoms with Gasteiger partial charge in [0.1, 0.15) is 0 Å². The lowest BCUT2D eigenvalue weighted by molar-refractivity contribution is -0.217. The Morgan fingerprint density at radius 1 is 0.839 bits per heavy atom. The van der Waals surface area contributed by atoms with Crippen molar-refractivity contribution in [1.29, 1.82) is 0 Å². The second-order valence-electron chi connectivity index (χ2n) is 14.7. The predicted molar refractivity (Wildman–Crippen MR) is 131 cm³/mol. The van der Waals surface area contributed by atoms with Crippen LogP contribution in [-0.2, 0) is 0 Å². The molecule has 0 aromatic heterocycles. The summed E-state index contributed by atoms with van der Waals surface area (Å²) < 4.78 is 0. The average molecular weight is 427 g/mol. The van der Waals surface area contributed by atoms with Crippen LogP contribution in [0.25, 0.3) is 0 Å². The molecule has 9 atom stereocenters. The molecule has 31 heavy (non-hydrogen) atoms. The van der Waals surface area contributed by atoms with Gasteiger partial charge < -0.3 is 5.11 Å². The third kappa shape index (κ3) is 2.65. The first-order chi connectivity index (χ1) is 14.3. The maximum absolute atomic E-state index is 10.8. The fourth-order valence-corrected chi connectivity index (χ4v) is 11.0. The molecule has 0 amide bonds. The van der Waals surface area contributed by atoms with Crippen molar-refractivity contribution in [1.82, 2.24) is 0 Å². The first-order valence-corrected chi connectivity index (χ1v) is 13.7. The van der Waals surface area contributed by atoms with Crippen LogP contribution in [0.15, 0.2) is 11.6 Å². The Bertz CT molecular complexity index is 777. The van der Waals surface area contributed by atoms with Gasteiger partial charge in [-0.3, -0.25) is 0 Å². The summed E-state index contributed by atoms with van der Waals surface area (Å²) >= 11 is 0. The molecule has 5 rings (SSSR count). The molecule has 1 N–H and O–H groups in total. The van der Waals surface area contributed by atoms with Gasteiger partial charge in [-0.15, -0.1) is 0 Å². The summed E-state index contributed by atoms with van der Waals surface area (Å²) in [7, 11) is 0. The Labute approximate surface area is 192 Å². The van der Waals surface area contributed by atoms with Gasteiger partial charge in [0.25, 0.3) is 0 Å². The van der Waals surface area contributed by atoms with Crippen molar-refractivity contribution in [3.63, 3.8) is 0 Å². The Morgan fingerprint density at radius 2 is 1.52 bits per heavy atom. The summed E-state index contributed by atoms with van der Waals surface area (Å²) in [5.74, 6) is 4.12. The first-order valence-electron chi connectivity index (χ1n) is 13.7. The molecule has 176 valence electrons. The summed E-state index contributed by atoms with van der Waals surface area (Å²) in [5.41, 5.74) is 3.48. The lowest BCUT2D eigenvalue weighted by Crippen LogP contribution is -2.65. The minimum Gasteiger partial charge on any atom is -0.392 e. The second kappa shape index (κ2) is 6.64. The van der Waals surface area contributed by atoms with Crippen molar-refractivity contribution in [2.24, 2.45) is 56.7 Å². The van der Waals surface area contributed by atoms with Crippen molar-refractivity contribution in [2.45, 2.75) is 119 Å². The quantitative estimate of drug-likeness (QED) is 0.421. The zero-order chi connectivity index (χ0) is 22.6. The van der Waals surface area contributed by atoms with E-state index in [1.165, 1.54) is 51.4 Å². The molecule has 5 aliphatic carbocycles. The lowest BCUT2D eigenvalue weighted by atomic mass is 9.33. The van der Waals surface area contributed by atoms with Gasteiger partial charge in [-0.2, -0.15) is 0 Å². The van der Waals surface area contributed by atoms with Gasteiger partial charge in [0.05, 0.1) is 6.10 Å². The standard InChI is InChI=1S/C30H50O/c1-19(2)20-13-14-27(5)15-17-29(7)23-11-9-21-22(10-12-24(31)26(21,3)4)28(23,6)16-18-30(29,8)25(20)27/h9,19-20,22-25,31H,10-18H2,1-8H3/t20-,22?,23+,24-,25?,27-,28-,29-,30+/m0/s1. The van der Waals surface area contributed by atoms with Gasteiger partial charge in [-0.25, -0.2) is 0 Å². The summed E-state index contributed by atoms with van der Waals surface area (Å²) in [5, 5.41) is 10.8. The fourth-order valence-electron chi connectivity index (χ4n) is 11.0. The van der Waals surface area contributed by atoms with Crippen LogP contribution in [0.2, 0.25) is 0 Å². The van der Waals surface area contributed by atoms with Gasteiger partial charge in [-0.1, -0.05) is 67.0 Å². The van der Waals surface area contributed by atoms with Crippen molar-refractivity contribution in [3.05, 3.63) is 11.6 Å². The van der Waals surface area contributed by atoms with E-state index in [2.05, 4.69) is 61.5 Å². The van der Waals surface area contributed by atoms with E-state index in [0.717, 1.165) is 30.1 Å². The van der Waals surface area contributed by atoms with Crippen LogP contribution in [0.3, 0.4) is 0 Å². The molecule has 0 saturated heterocycles. The number of hydrogen-bond acceptors (Lipinski definition) is 1. The van der Waals surface area contributed by atoms with Crippen LogP contribution in [0.4, 0.5) is 0 Å². The highest BCUT2D eigenvalue weighted by Crippen LogP contribution is 2.77. The lowest BCUT2D eigenvalue weighted by Gasteiger charge is -2.72. The van der Waals surface area contributed by atoms with Crippen LogP contribution >= 0.6 is 0 Å². The average Bonchev–Trinajstić information content (AvgIpc) is 3.06. The number of allylic oxidation sites excluding steroid dienone is 1. The molecule has 0 bridgehead atoms. The van der Waals surface area contributed by atoms with Gasteiger partial charge in [0.15, 0.2) is 0 Å². The largest absolute Gasteiger partial charge is 0.392 e. The second-order valence-corrected chi connectivity index (χ2v) is 14.7. The van der Waals surface area contributed by atoms with E-state index < -0.39 is 0 Å². The van der Waals surface area contributed by atoms with E-state index in [1.54, 1.807) is 5.57 Å². The molecular weight excluding hydrogens is 376 g/mol. The molecule has 5 aliphatic rings. The van der Waals surface area contributed by atoms with Crippen molar-refractivity contribution in [3.8, 4) is 0 Å². The topological polar surface area (TPSA) is 20.2 Å². The zero-order valence-corrected chi connectivity index (χ0v) is 21.9. The number of aliphatic hydroxyl groups is 1. The third-order valence-electron chi connectivity index (χ3n) is 13.1. The molecule has 0 radical (unpaired) electrons. The van der Waals surface area contributed by atoms with Gasteiger partial charge >= 0.3 is 0 Å². The van der Waals surface area contributed by atoms with Gasteiger partial charge in [0.2, 0.25) is 0 Å². The third-order valence-corrected chi connectivity index (χ3v) is 13.1. The number of fused-ring (bicyclic) bond motifs is 7. The van der Waals surface area contributed by atoms with Crippen LogP contribution in [0, 0.1) is 56.7 Å². The van der Waals surface area contributed by atoms with E-state index in [4.69, 9.17) is 0 Å². The van der Waals surface area contributed by atoms with Crippen molar-refractivity contribution < 1.29 is 5.11 Å². The van der Waals surface area contributed by atoms with Crippen LogP contribution in [0.1, 0.15) is 113 Å². The Balaban J connectivity index is 1.58. The van der Waals surface area contributed by atoms with Crippen molar-refractivity contribution in [2.75, 3.05) is 0 Å². The van der Waals surface area contributed by atoms with E-state index >= 15 is 0 Å². The van der Waals surface area contributed by atoms with Crippen LogP contribution < -0.4 is 0 Å². The molecule has 1 nitrogen and oxygen atoms in total. The fraction of sp³-hybridized carbons (Fsp3) is 0.933. The maximum Gasteiger partial charge on any atom is 0.0628 e. The Kier molecular flexibility index (Phi) is 4.82. The zero-order valence-electron chi connectivity index (χ0n) is 21.9. The summed E-state index contributed by atoms with van der Waals surface area (Å²) in [6, 6.07) is 0. The highest BCUT2D eigenvalue weighted by Gasteiger charge is 2.70. The molecule has 4 saturated carbocycles. The Morgan fingerprint density at radius 3 is 2.19 bits per heavy atom. The monoisotopic (exact) mass is 426 g/mol. The van der Waals surface area contributed by atoms with Gasteiger partial charge in [-0.05, 0) is 109 Å². The number of rotatable bonds is 1. The van der Waals surface area contributed by atoms with Crippen LogP contribution in [0.5, 0.6) is 0 Å². The molecule has 0 heterocycles. The highest BCUT2D eigenvalue weighted by atomic mass is 16.3. The minimum absolute atomic E-state index is 0.0438. The number of aliphatic hydroxyl groups excluding tert-OH is 1. The molecule has 0 aromatic rings. The van der Waals surface area contributed by atoms with Gasteiger partial charge in [0, 0.05) is 5.41 Å². The highest BCUT2D eigenvalue weighted by molar-refractivity contribution is 5.30. The summed E-state index contributed by atoms with van der Waals surface area (Å²) in [6.45, 7) is 20.5. The van der Waals surface area contributed by atoms with E-state index in [0.29, 0.717) is 27.6 Å². The number of hydrogen-bond donors (Lipinski definition) is 1. The predicted octanol–water partition coefficient (Wildman–Crippen LogP) is 8.02. The molecule has 0 aliphatic heterocycles. The smallest absolute Gasteiger partial charge is 0.0628 e. The molecular formula is C30H50O. The molecule has 1 heteroatoms. The van der Waals surface area contributed by atoms with Crippen LogP contribution in [-0.4, -0.2) is 11.2 Å². The van der Waals surface area contributed by atoms with Crippen molar-refractivity contribution >= 4 is 0 Å². The van der Waals surface area contributed by atoms with E-state index in [9.17, 15) is 5.11 Å². The molecule has 0 aromatic carbocycles. The molecule has 4 fully saturated rings. The normalized spacial score (nSPS) is 55.7. The first kappa shape index (κ1) is 22.5. The molecule has 0 spiro atoms. The SMILES string of the molecule is CC(C)[C@@H]1CC[C@@]2(C)CC[C@@]3(C)[C@@H]4CC=C5C(CC[C@H](O)C5(C)C)[C@]4(C)CC[C@]3(C)C12. The molecule has 2 unspecified atom stereocenters. The summed E-state index contributed by atoms with van der Waals surface area (Å²) in [6.07, 6.45) is 14.5. The maximum atomic E-state index is 10.8. The Hall–Kier alpha value is -0.300. The summed E-state index contributed by atoms with van der Waals surface area (Å²) in [4.78, 5) is 0. The minimum atomic E-state index is -0.166. The van der Waals surface area contributed by atoms with E-state index in [1.807, 2.05) is 0 Å². The van der Waals surface area contributed by atoms with E-state index in [-0.39, 0.29) is 11.5 Å².